The van der Waals surface area contributed by atoms with Crippen LogP contribution in [0.4, 0.5) is 5.69 Å². The number of carboxylic acid groups (broad SMARTS) is 1. The second-order valence-electron chi connectivity index (χ2n) is 6.31. The third-order valence-electron chi connectivity index (χ3n) is 4.41. The van der Waals surface area contributed by atoms with E-state index in [1.54, 1.807) is 24.0 Å². The molecule has 1 aromatic heterocycles. The van der Waals surface area contributed by atoms with Crippen molar-refractivity contribution in [1.82, 2.24) is 0 Å². The van der Waals surface area contributed by atoms with Gasteiger partial charge in [0.05, 0.1) is 25.4 Å². The SMILES string of the molecule is CC(O)c1ccc(N2C(=O)CCC2COCc2ccc(C(=O)O)s2)cc1. The van der Waals surface area contributed by atoms with Crippen molar-refractivity contribution >= 4 is 28.9 Å². The highest BCUT2D eigenvalue weighted by Gasteiger charge is 2.32. The minimum Gasteiger partial charge on any atom is -0.477 e. The van der Waals surface area contributed by atoms with Crippen LogP contribution < -0.4 is 4.90 Å². The van der Waals surface area contributed by atoms with Crippen LogP contribution in [-0.4, -0.2) is 34.7 Å². The quantitative estimate of drug-likeness (QED) is 0.776. The van der Waals surface area contributed by atoms with Gasteiger partial charge >= 0.3 is 5.97 Å². The maximum absolute atomic E-state index is 12.3. The molecule has 2 atom stereocenters. The molecule has 3 rings (SSSR count). The van der Waals surface area contributed by atoms with Crippen molar-refractivity contribution in [3.63, 3.8) is 0 Å². The van der Waals surface area contributed by atoms with Gasteiger partial charge in [0, 0.05) is 17.0 Å². The van der Waals surface area contributed by atoms with Crippen molar-refractivity contribution in [2.24, 2.45) is 0 Å². The van der Waals surface area contributed by atoms with Gasteiger partial charge in [-0.25, -0.2) is 4.79 Å². The average molecular weight is 375 g/mol. The van der Waals surface area contributed by atoms with E-state index in [1.807, 2.05) is 24.3 Å². The molecule has 138 valence electrons. The second kappa shape index (κ2) is 7.99. The fraction of sp³-hybridized carbons (Fsp3) is 0.368. The molecule has 2 N–H and O–H groups in total. The predicted molar refractivity (Wildman–Crippen MR) is 98.5 cm³/mol. The first-order valence-electron chi connectivity index (χ1n) is 8.45. The molecule has 0 radical (unpaired) electrons. The number of aliphatic hydroxyl groups is 1. The Bertz CT molecular complexity index is 783. The number of carbonyl (C=O) groups excluding carboxylic acids is 1. The first-order chi connectivity index (χ1) is 12.5. The van der Waals surface area contributed by atoms with Gasteiger partial charge in [-0.15, -0.1) is 11.3 Å². The summed E-state index contributed by atoms with van der Waals surface area (Å²) >= 11 is 1.20. The summed E-state index contributed by atoms with van der Waals surface area (Å²) in [5.41, 5.74) is 1.61. The molecule has 1 aliphatic rings. The van der Waals surface area contributed by atoms with Gasteiger partial charge in [0.25, 0.3) is 0 Å². The third-order valence-corrected chi connectivity index (χ3v) is 5.45. The number of anilines is 1. The molecule has 7 heteroatoms. The number of thiophene rings is 1. The summed E-state index contributed by atoms with van der Waals surface area (Å²) in [6, 6.07) is 10.6. The number of rotatable bonds is 7. The molecule has 1 aromatic carbocycles. The highest BCUT2D eigenvalue weighted by atomic mass is 32.1. The van der Waals surface area contributed by atoms with Crippen molar-refractivity contribution in [2.75, 3.05) is 11.5 Å². The Morgan fingerprint density at radius 1 is 1.31 bits per heavy atom. The van der Waals surface area contributed by atoms with Crippen LogP contribution in [0.2, 0.25) is 0 Å². The maximum Gasteiger partial charge on any atom is 0.345 e. The Kier molecular flexibility index (Phi) is 5.70. The Labute approximate surface area is 155 Å². The summed E-state index contributed by atoms with van der Waals surface area (Å²) < 4.78 is 5.74. The number of nitrogens with zero attached hydrogens (tertiary/aromatic N) is 1. The van der Waals surface area contributed by atoms with Crippen LogP contribution in [0.1, 0.15) is 46.0 Å². The van der Waals surface area contributed by atoms with Gasteiger partial charge in [-0.2, -0.15) is 0 Å². The van der Waals surface area contributed by atoms with Crippen molar-refractivity contribution in [1.29, 1.82) is 0 Å². The molecular formula is C19H21NO5S. The number of hydrogen-bond acceptors (Lipinski definition) is 5. The topological polar surface area (TPSA) is 87.1 Å². The largest absolute Gasteiger partial charge is 0.477 e. The lowest BCUT2D eigenvalue weighted by Gasteiger charge is -2.25. The highest BCUT2D eigenvalue weighted by Crippen LogP contribution is 2.28. The molecule has 1 amide bonds. The van der Waals surface area contributed by atoms with Crippen LogP contribution in [-0.2, 0) is 16.1 Å². The summed E-state index contributed by atoms with van der Waals surface area (Å²) in [4.78, 5) is 26.1. The molecule has 1 aliphatic heterocycles. The van der Waals surface area contributed by atoms with Gasteiger partial charge in [-0.3, -0.25) is 4.79 Å². The number of ether oxygens (including phenoxy) is 1. The monoisotopic (exact) mass is 375 g/mol. The minimum atomic E-state index is -0.936. The first-order valence-corrected chi connectivity index (χ1v) is 9.27. The summed E-state index contributed by atoms with van der Waals surface area (Å²) in [7, 11) is 0. The maximum atomic E-state index is 12.3. The summed E-state index contributed by atoms with van der Waals surface area (Å²) in [6.07, 6.45) is 0.662. The average Bonchev–Trinajstić information content (AvgIpc) is 3.22. The van der Waals surface area contributed by atoms with Gasteiger partial charge in [-0.05, 0) is 43.2 Å². The fourth-order valence-corrected chi connectivity index (χ4v) is 3.82. The van der Waals surface area contributed by atoms with Gasteiger partial charge in [0.15, 0.2) is 0 Å². The van der Waals surface area contributed by atoms with E-state index in [0.717, 1.165) is 22.5 Å². The van der Waals surface area contributed by atoms with Crippen molar-refractivity contribution in [2.45, 2.75) is 38.5 Å². The number of carboxylic acids is 1. The van der Waals surface area contributed by atoms with E-state index in [-0.39, 0.29) is 11.9 Å². The van der Waals surface area contributed by atoms with E-state index < -0.39 is 12.1 Å². The lowest BCUT2D eigenvalue weighted by Crippen LogP contribution is -2.36. The molecule has 0 spiro atoms. The molecule has 1 saturated heterocycles. The normalized spacial score (nSPS) is 18.3. The Morgan fingerprint density at radius 3 is 2.65 bits per heavy atom. The number of aliphatic hydroxyl groups excluding tert-OH is 1. The molecule has 2 unspecified atom stereocenters. The van der Waals surface area contributed by atoms with Gasteiger partial charge < -0.3 is 19.8 Å². The third kappa shape index (κ3) is 4.12. The molecule has 2 aromatic rings. The molecular weight excluding hydrogens is 354 g/mol. The smallest absolute Gasteiger partial charge is 0.345 e. The molecule has 2 heterocycles. The highest BCUT2D eigenvalue weighted by molar-refractivity contribution is 7.13. The Balaban J connectivity index is 1.61. The summed E-state index contributed by atoms with van der Waals surface area (Å²) in [5.74, 6) is -0.873. The van der Waals surface area contributed by atoms with E-state index in [1.165, 1.54) is 11.3 Å². The van der Waals surface area contributed by atoms with Gasteiger partial charge in [-0.1, -0.05) is 12.1 Å². The first kappa shape index (κ1) is 18.6. The molecule has 0 aliphatic carbocycles. The van der Waals surface area contributed by atoms with Crippen LogP contribution >= 0.6 is 11.3 Å². The Morgan fingerprint density at radius 2 is 2.04 bits per heavy atom. The van der Waals surface area contributed by atoms with E-state index in [0.29, 0.717) is 24.5 Å². The van der Waals surface area contributed by atoms with Crippen LogP contribution in [0.15, 0.2) is 36.4 Å². The van der Waals surface area contributed by atoms with Crippen molar-refractivity contribution in [3.8, 4) is 0 Å². The zero-order chi connectivity index (χ0) is 18.7. The number of hydrogen-bond donors (Lipinski definition) is 2. The lowest BCUT2D eigenvalue weighted by atomic mass is 10.1. The van der Waals surface area contributed by atoms with Crippen molar-refractivity contribution < 1.29 is 24.5 Å². The lowest BCUT2D eigenvalue weighted by molar-refractivity contribution is -0.117. The van der Waals surface area contributed by atoms with Crippen LogP contribution in [0.25, 0.3) is 0 Å². The minimum absolute atomic E-state index is 0.0428. The molecule has 6 nitrogen and oxygen atoms in total. The number of carbonyl (C=O) groups is 2. The zero-order valence-corrected chi connectivity index (χ0v) is 15.2. The van der Waals surface area contributed by atoms with Crippen LogP contribution in [0.5, 0.6) is 0 Å². The molecule has 1 fully saturated rings. The van der Waals surface area contributed by atoms with Crippen LogP contribution in [0, 0.1) is 0 Å². The number of benzene rings is 1. The van der Waals surface area contributed by atoms with Gasteiger partial charge in [0.2, 0.25) is 5.91 Å². The Hall–Kier alpha value is -2.22. The van der Waals surface area contributed by atoms with E-state index >= 15 is 0 Å². The number of amides is 1. The molecule has 0 bridgehead atoms. The van der Waals surface area contributed by atoms with E-state index in [4.69, 9.17) is 9.84 Å². The standard InChI is InChI=1S/C19H21NO5S/c1-12(21)13-2-4-14(5-3-13)20-15(6-9-18(20)22)10-25-11-16-7-8-17(26-16)19(23)24/h2-5,7-8,12,15,21H,6,9-11H2,1H3,(H,23,24). The van der Waals surface area contributed by atoms with Gasteiger partial charge in [0.1, 0.15) is 4.88 Å². The number of aromatic carboxylic acids is 1. The summed E-state index contributed by atoms with van der Waals surface area (Å²) in [5, 5.41) is 18.6. The van der Waals surface area contributed by atoms with Crippen molar-refractivity contribution in [3.05, 3.63) is 51.7 Å². The van der Waals surface area contributed by atoms with E-state index in [2.05, 4.69) is 0 Å². The molecule has 0 saturated carbocycles. The summed E-state index contributed by atoms with van der Waals surface area (Å²) in [6.45, 7) is 2.43. The van der Waals surface area contributed by atoms with Crippen LogP contribution in [0.3, 0.4) is 0 Å². The fourth-order valence-electron chi connectivity index (χ4n) is 3.04. The van der Waals surface area contributed by atoms with E-state index in [9.17, 15) is 14.7 Å². The predicted octanol–water partition coefficient (Wildman–Crippen LogP) is 3.21. The molecule has 26 heavy (non-hydrogen) atoms. The zero-order valence-electron chi connectivity index (χ0n) is 14.4. The second-order valence-corrected chi connectivity index (χ2v) is 7.48.